The number of carbonyl (C=O) groups is 1. The summed E-state index contributed by atoms with van der Waals surface area (Å²) in [6.07, 6.45) is 0.641. The molecule has 2 aliphatic rings. The monoisotopic (exact) mass is 624 g/mol. The van der Waals surface area contributed by atoms with Crippen molar-refractivity contribution in [2.24, 2.45) is 0 Å². The lowest BCUT2D eigenvalue weighted by Gasteiger charge is -2.38. The van der Waals surface area contributed by atoms with Crippen molar-refractivity contribution < 1.29 is 19.0 Å². The predicted octanol–water partition coefficient (Wildman–Crippen LogP) is 5.07. The zero-order valence-electron chi connectivity index (χ0n) is 26.6. The van der Waals surface area contributed by atoms with E-state index in [4.69, 9.17) is 10.5 Å². The molecule has 1 amide bonds. The average molecular weight is 625 g/mol. The molecule has 3 heterocycles. The lowest BCUT2D eigenvalue weighted by atomic mass is 9.92. The van der Waals surface area contributed by atoms with Crippen LogP contribution in [0.2, 0.25) is 0 Å². The number of pyridine rings is 1. The minimum Gasteiger partial charge on any atom is -0.497 e. The number of nitrogen functional groups attached to an aromatic ring is 1. The van der Waals surface area contributed by atoms with Gasteiger partial charge in [-0.25, -0.2) is 4.98 Å². The number of methoxy groups -OCH3 is 1. The van der Waals surface area contributed by atoms with Gasteiger partial charge in [-0.3, -0.25) is 9.69 Å². The number of nitrogens with one attached hydrogen (secondary N) is 2. The number of aliphatic hydroxyl groups is 1. The summed E-state index contributed by atoms with van der Waals surface area (Å²) in [5, 5.41) is 16.3. The first-order chi connectivity index (χ1) is 22.2. The van der Waals surface area contributed by atoms with Gasteiger partial charge in [0, 0.05) is 67.8 Å². The smallest absolute Gasteiger partial charge is 0.253 e. The first-order valence-electron chi connectivity index (χ1n) is 15.8. The number of nitrogens with zero attached hydrogens (tertiary/aromatic N) is 3. The zero-order valence-corrected chi connectivity index (χ0v) is 26.6. The number of halogens is 1. The molecular formula is C36H41FN6O3. The fourth-order valence-corrected chi connectivity index (χ4v) is 6.39. The molecule has 2 aliphatic heterocycles. The van der Waals surface area contributed by atoms with Crippen LogP contribution in [0.15, 0.2) is 60.7 Å². The molecule has 5 N–H and O–H groups in total. The number of hydrogen-bond acceptors (Lipinski definition) is 8. The number of aromatic nitrogens is 1. The molecule has 4 aromatic rings. The van der Waals surface area contributed by atoms with Crippen LogP contribution < -0.4 is 26.0 Å². The molecule has 240 valence electrons. The number of carbonyl (C=O) groups excluding carboxylic acids is 1. The standard InChI is InChI=1S/C36H41FN6O3/c1-22(2)42-12-14-43(15-13-42)28-7-4-23(5-8-28)30-19-31(35(38)41-34(30)37)26-16-24-10-11-39-36(45)33(24)32(18-26)40-20-25-6-9-29(46-3)17-27(25)21-44/h4-9,16-19,22,40,44H,10-15,20-21H2,1-3H3,(H2,38,41)(H,39,45). The highest BCUT2D eigenvalue weighted by Crippen LogP contribution is 2.37. The summed E-state index contributed by atoms with van der Waals surface area (Å²) in [5.41, 5.74) is 13.5. The lowest BCUT2D eigenvalue weighted by Crippen LogP contribution is -2.48. The van der Waals surface area contributed by atoms with E-state index in [0.29, 0.717) is 59.2 Å². The van der Waals surface area contributed by atoms with E-state index in [9.17, 15) is 9.90 Å². The number of rotatable bonds is 9. The van der Waals surface area contributed by atoms with Gasteiger partial charge in [0.05, 0.1) is 19.3 Å². The summed E-state index contributed by atoms with van der Waals surface area (Å²) >= 11 is 0. The van der Waals surface area contributed by atoms with Crippen molar-refractivity contribution in [3.05, 3.63) is 88.9 Å². The van der Waals surface area contributed by atoms with E-state index in [0.717, 1.165) is 54.1 Å². The normalized spacial score (nSPS) is 15.1. The van der Waals surface area contributed by atoms with Gasteiger partial charge in [-0.2, -0.15) is 4.39 Å². The number of benzene rings is 3. The van der Waals surface area contributed by atoms with Gasteiger partial charge < -0.3 is 31.1 Å². The molecular weight excluding hydrogens is 583 g/mol. The molecule has 6 rings (SSSR count). The fraction of sp³-hybridized carbons (Fsp3) is 0.333. The third kappa shape index (κ3) is 6.36. The first kappa shape index (κ1) is 31.3. The second-order valence-electron chi connectivity index (χ2n) is 12.1. The maximum atomic E-state index is 15.3. The second-order valence-corrected chi connectivity index (χ2v) is 12.1. The summed E-state index contributed by atoms with van der Waals surface area (Å²) in [6.45, 7) is 9.11. The van der Waals surface area contributed by atoms with E-state index >= 15 is 4.39 Å². The van der Waals surface area contributed by atoms with Crippen molar-refractivity contribution in [1.29, 1.82) is 0 Å². The molecule has 9 nitrogen and oxygen atoms in total. The van der Waals surface area contributed by atoms with Crippen LogP contribution in [-0.2, 0) is 19.6 Å². The van der Waals surface area contributed by atoms with Gasteiger partial charge >= 0.3 is 0 Å². The van der Waals surface area contributed by atoms with Crippen LogP contribution in [0.1, 0.15) is 40.9 Å². The van der Waals surface area contributed by atoms with Crippen molar-refractivity contribution in [2.45, 2.75) is 39.5 Å². The molecule has 0 saturated carbocycles. The molecule has 0 radical (unpaired) electrons. The minimum absolute atomic E-state index is 0.0739. The Morgan fingerprint density at radius 1 is 1.00 bits per heavy atom. The molecule has 0 atom stereocenters. The Morgan fingerprint density at radius 2 is 1.76 bits per heavy atom. The molecule has 0 unspecified atom stereocenters. The van der Waals surface area contributed by atoms with E-state index in [-0.39, 0.29) is 18.3 Å². The van der Waals surface area contributed by atoms with Gasteiger partial charge in [-0.1, -0.05) is 24.3 Å². The number of hydrogen-bond donors (Lipinski definition) is 4. The van der Waals surface area contributed by atoms with E-state index in [1.165, 1.54) is 0 Å². The third-order valence-corrected chi connectivity index (χ3v) is 9.08. The van der Waals surface area contributed by atoms with Crippen LogP contribution in [0.4, 0.5) is 21.6 Å². The Balaban J connectivity index is 1.31. The Labute approximate surface area is 269 Å². The summed E-state index contributed by atoms with van der Waals surface area (Å²) in [7, 11) is 1.58. The highest BCUT2D eigenvalue weighted by molar-refractivity contribution is 6.03. The minimum atomic E-state index is -0.633. The van der Waals surface area contributed by atoms with Crippen LogP contribution in [-0.4, -0.2) is 66.8 Å². The fourth-order valence-electron chi connectivity index (χ4n) is 6.39. The van der Waals surface area contributed by atoms with Crippen molar-refractivity contribution >= 4 is 23.1 Å². The number of aliphatic hydroxyl groups excluding tert-OH is 1. The molecule has 3 aromatic carbocycles. The molecule has 46 heavy (non-hydrogen) atoms. The predicted molar refractivity (Wildman–Crippen MR) is 181 cm³/mol. The Hall–Kier alpha value is -4.67. The van der Waals surface area contributed by atoms with E-state index in [1.54, 1.807) is 19.2 Å². The molecule has 1 saturated heterocycles. The van der Waals surface area contributed by atoms with Crippen LogP contribution >= 0.6 is 0 Å². The SMILES string of the molecule is COc1ccc(CNc2cc(-c3cc(-c4ccc(N5CCN(C(C)C)CC5)cc4)c(F)nc3N)cc3c2C(=O)NCC3)c(CO)c1. The highest BCUT2D eigenvalue weighted by Gasteiger charge is 2.24. The van der Waals surface area contributed by atoms with Crippen molar-refractivity contribution in [2.75, 3.05) is 55.8 Å². The second kappa shape index (κ2) is 13.4. The molecule has 10 heteroatoms. The van der Waals surface area contributed by atoms with E-state index in [2.05, 4.69) is 39.3 Å². The number of piperazine rings is 1. The summed E-state index contributed by atoms with van der Waals surface area (Å²) in [5.74, 6) is -0.0687. The van der Waals surface area contributed by atoms with Crippen LogP contribution in [0.3, 0.4) is 0 Å². The molecule has 1 aromatic heterocycles. The molecule has 0 bridgehead atoms. The van der Waals surface area contributed by atoms with E-state index in [1.807, 2.05) is 48.5 Å². The Kier molecular flexibility index (Phi) is 9.10. The van der Waals surface area contributed by atoms with Crippen LogP contribution in [0.5, 0.6) is 5.75 Å². The van der Waals surface area contributed by atoms with Gasteiger partial charge in [0.1, 0.15) is 11.6 Å². The van der Waals surface area contributed by atoms with Gasteiger partial charge in [0.2, 0.25) is 5.95 Å². The maximum Gasteiger partial charge on any atom is 0.253 e. The van der Waals surface area contributed by atoms with E-state index < -0.39 is 5.95 Å². The maximum absolute atomic E-state index is 15.3. The number of amides is 1. The highest BCUT2D eigenvalue weighted by atomic mass is 19.1. The quantitative estimate of drug-likeness (QED) is 0.191. The number of fused-ring (bicyclic) bond motifs is 1. The summed E-state index contributed by atoms with van der Waals surface area (Å²) in [6, 6.07) is 19.5. The number of anilines is 3. The third-order valence-electron chi connectivity index (χ3n) is 9.08. The molecule has 0 aliphatic carbocycles. The van der Waals surface area contributed by atoms with Crippen LogP contribution in [0.25, 0.3) is 22.3 Å². The van der Waals surface area contributed by atoms with Gasteiger partial charge in [-0.05, 0) is 84.5 Å². The Bertz CT molecular complexity index is 1740. The lowest BCUT2D eigenvalue weighted by molar-refractivity contribution is 0.0947. The summed E-state index contributed by atoms with van der Waals surface area (Å²) < 4.78 is 20.6. The zero-order chi connectivity index (χ0) is 32.4. The first-order valence-corrected chi connectivity index (χ1v) is 15.8. The molecule has 0 spiro atoms. The topological polar surface area (TPSA) is 116 Å². The number of nitrogens with two attached hydrogens (primary N) is 1. The van der Waals surface area contributed by atoms with Gasteiger partial charge in [0.25, 0.3) is 5.91 Å². The average Bonchev–Trinajstić information content (AvgIpc) is 3.07. The van der Waals surface area contributed by atoms with Gasteiger partial charge in [0.15, 0.2) is 0 Å². The van der Waals surface area contributed by atoms with Crippen molar-refractivity contribution in [1.82, 2.24) is 15.2 Å². The Morgan fingerprint density at radius 3 is 2.46 bits per heavy atom. The van der Waals surface area contributed by atoms with Gasteiger partial charge in [-0.15, -0.1) is 0 Å². The van der Waals surface area contributed by atoms with Crippen LogP contribution in [0, 0.1) is 5.95 Å². The largest absolute Gasteiger partial charge is 0.497 e. The molecule has 1 fully saturated rings. The summed E-state index contributed by atoms with van der Waals surface area (Å²) in [4.78, 5) is 22.0. The van der Waals surface area contributed by atoms with Crippen molar-refractivity contribution in [3.63, 3.8) is 0 Å². The van der Waals surface area contributed by atoms with Crippen molar-refractivity contribution in [3.8, 4) is 28.0 Å². The number of ether oxygens (including phenoxy) is 1.